The Morgan fingerprint density at radius 1 is 1.32 bits per heavy atom. The lowest BCUT2D eigenvalue weighted by Crippen LogP contribution is -2.46. The summed E-state index contributed by atoms with van der Waals surface area (Å²) in [6.45, 7) is 4.56. The molecule has 2 N–H and O–H groups in total. The van der Waals surface area contributed by atoms with E-state index in [1.54, 1.807) is 18.2 Å². The van der Waals surface area contributed by atoms with Gasteiger partial charge in [-0.1, -0.05) is 18.2 Å². The third kappa shape index (κ3) is 4.01. The maximum absolute atomic E-state index is 12.8. The van der Waals surface area contributed by atoms with Gasteiger partial charge in [0.1, 0.15) is 9.77 Å². The molecule has 0 atom stereocenters. The molecule has 1 aromatic carbocycles. The number of carbonyl (C=O) groups is 1. The fourth-order valence-electron chi connectivity index (χ4n) is 2.86. The number of nitrogens with zero attached hydrogens (tertiary/aromatic N) is 1. The number of hydrogen-bond acceptors (Lipinski definition) is 7. The minimum absolute atomic E-state index is 0.0141. The van der Waals surface area contributed by atoms with Crippen molar-refractivity contribution in [3.63, 3.8) is 0 Å². The summed E-state index contributed by atoms with van der Waals surface area (Å²) in [4.78, 5) is 14.4. The first-order chi connectivity index (χ1) is 12.0. The first-order valence-electron chi connectivity index (χ1n) is 8.05. The Labute approximate surface area is 151 Å². The van der Waals surface area contributed by atoms with Crippen molar-refractivity contribution in [3.05, 3.63) is 29.1 Å². The second-order valence-electron chi connectivity index (χ2n) is 5.74. The Bertz CT molecular complexity index is 857. The van der Waals surface area contributed by atoms with Crippen LogP contribution in [-0.4, -0.2) is 65.7 Å². The maximum Gasteiger partial charge on any atom is 0.349 e. The molecule has 0 bridgehead atoms. The zero-order valence-electron chi connectivity index (χ0n) is 13.9. The molecule has 1 fully saturated rings. The molecule has 0 saturated carbocycles. The molecule has 0 spiro atoms. The zero-order valence-corrected chi connectivity index (χ0v) is 15.6. The summed E-state index contributed by atoms with van der Waals surface area (Å²) in [6, 6.07) is 7.08. The van der Waals surface area contributed by atoms with Gasteiger partial charge in [-0.25, -0.2) is 17.9 Å². The average Bonchev–Trinajstić information content (AvgIpc) is 3.02. The third-order valence-electron chi connectivity index (χ3n) is 4.12. The first kappa shape index (κ1) is 18.3. The molecule has 1 aliphatic rings. The number of piperazine rings is 1. The largest absolute Gasteiger partial charge is 0.465 e. The van der Waals surface area contributed by atoms with E-state index in [1.165, 1.54) is 7.11 Å². The molecule has 9 heteroatoms. The van der Waals surface area contributed by atoms with Gasteiger partial charge in [0, 0.05) is 49.4 Å². The van der Waals surface area contributed by atoms with Crippen LogP contribution in [0.25, 0.3) is 10.1 Å². The van der Waals surface area contributed by atoms with Gasteiger partial charge >= 0.3 is 5.97 Å². The van der Waals surface area contributed by atoms with E-state index < -0.39 is 16.0 Å². The van der Waals surface area contributed by atoms with Gasteiger partial charge < -0.3 is 10.1 Å². The van der Waals surface area contributed by atoms with Crippen molar-refractivity contribution in [1.82, 2.24) is 14.9 Å². The fourth-order valence-corrected chi connectivity index (χ4v) is 5.69. The molecule has 1 aliphatic heterocycles. The molecule has 7 nitrogen and oxygen atoms in total. The van der Waals surface area contributed by atoms with Crippen molar-refractivity contribution >= 4 is 37.4 Å². The second-order valence-corrected chi connectivity index (χ2v) is 8.49. The summed E-state index contributed by atoms with van der Waals surface area (Å²) in [6.07, 6.45) is 0. The zero-order chi connectivity index (χ0) is 17.9. The highest BCUT2D eigenvalue weighted by Gasteiger charge is 2.28. The van der Waals surface area contributed by atoms with Gasteiger partial charge in [0.2, 0.25) is 10.0 Å². The SMILES string of the molecule is COC(=O)c1sc2ccccc2c1S(=O)(=O)NCCN1CCNCC1. The Balaban J connectivity index is 1.84. The Morgan fingerprint density at radius 2 is 2.04 bits per heavy atom. The molecule has 0 radical (unpaired) electrons. The van der Waals surface area contributed by atoms with Crippen molar-refractivity contribution in [2.45, 2.75) is 4.90 Å². The number of nitrogens with one attached hydrogen (secondary N) is 2. The quantitative estimate of drug-likeness (QED) is 0.720. The second kappa shape index (κ2) is 7.79. The molecule has 0 unspecified atom stereocenters. The highest BCUT2D eigenvalue weighted by molar-refractivity contribution is 7.90. The van der Waals surface area contributed by atoms with Gasteiger partial charge in [0.25, 0.3) is 0 Å². The van der Waals surface area contributed by atoms with E-state index in [1.807, 2.05) is 6.07 Å². The van der Waals surface area contributed by atoms with Crippen LogP contribution in [0.15, 0.2) is 29.2 Å². The van der Waals surface area contributed by atoms with Crippen LogP contribution in [0.5, 0.6) is 0 Å². The van der Waals surface area contributed by atoms with Gasteiger partial charge in [0.05, 0.1) is 7.11 Å². The van der Waals surface area contributed by atoms with Crippen LogP contribution in [0, 0.1) is 0 Å². The van der Waals surface area contributed by atoms with Crippen LogP contribution in [0.1, 0.15) is 9.67 Å². The van der Waals surface area contributed by atoms with E-state index in [4.69, 9.17) is 4.74 Å². The summed E-state index contributed by atoms with van der Waals surface area (Å²) in [5.74, 6) is -0.635. The molecule has 2 heterocycles. The molecule has 1 aromatic heterocycles. The number of benzene rings is 1. The lowest BCUT2D eigenvalue weighted by Gasteiger charge is -2.27. The van der Waals surface area contributed by atoms with E-state index in [-0.39, 0.29) is 9.77 Å². The number of carbonyl (C=O) groups excluding carboxylic acids is 1. The minimum atomic E-state index is -3.81. The predicted octanol–water partition coefficient (Wildman–Crippen LogP) is 0.871. The maximum atomic E-state index is 12.8. The monoisotopic (exact) mass is 383 g/mol. The third-order valence-corrected chi connectivity index (χ3v) is 6.94. The molecule has 25 heavy (non-hydrogen) atoms. The number of methoxy groups -OCH3 is 1. The number of esters is 1. The van der Waals surface area contributed by atoms with Crippen molar-refractivity contribution in [2.75, 3.05) is 46.4 Å². The summed E-state index contributed by atoms with van der Waals surface area (Å²) in [5, 5.41) is 3.80. The summed E-state index contributed by atoms with van der Waals surface area (Å²) in [7, 11) is -2.56. The van der Waals surface area contributed by atoms with Gasteiger partial charge in [0.15, 0.2) is 0 Å². The fraction of sp³-hybridized carbons (Fsp3) is 0.438. The van der Waals surface area contributed by atoms with E-state index in [0.29, 0.717) is 18.5 Å². The van der Waals surface area contributed by atoms with Crippen molar-refractivity contribution < 1.29 is 17.9 Å². The normalized spacial score (nSPS) is 16.2. The lowest BCUT2D eigenvalue weighted by atomic mass is 10.2. The topological polar surface area (TPSA) is 87.7 Å². The molecule has 136 valence electrons. The highest BCUT2D eigenvalue weighted by Crippen LogP contribution is 2.34. The van der Waals surface area contributed by atoms with Crippen molar-refractivity contribution in [3.8, 4) is 0 Å². The van der Waals surface area contributed by atoms with Crippen molar-refractivity contribution in [1.29, 1.82) is 0 Å². The first-order valence-corrected chi connectivity index (χ1v) is 10.4. The molecule has 0 aliphatic carbocycles. The molecular formula is C16H21N3O4S2. The lowest BCUT2D eigenvalue weighted by molar-refractivity contribution is 0.0602. The molecule has 3 rings (SSSR count). The number of thiophene rings is 1. The molecule has 1 saturated heterocycles. The number of ether oxygens (including phenoxy) is 1. The molecule has 2 aromatic rings. The van der Waals surface area contributed by atoms with Gasteiger partial charge in [-0.2, -0.15) is 0 Å². The van der Waals surface area contributed by atoms with E-state index in [0.717, 1.165) is 42.2 Å². The summed E-state index contributed by atoms with van der Waals surface area (Å²) in [5.41, 5.74) is 0. The van der Waals surface area contributed by atoms with Crippen LogP contribution in [-0.2, 0) is 14.8 Å². The summed E-state index contributed by atoms with van der Waals surface area (Å²) < 4.78 is 33.8. The number of fused-ring (bicyclic) bond motifs is 1. The minimum Gasteiger partial charge on any atom is -0.465 e. The van der Waals surface area contributed by atoms with E-state index in [2.05, 4.69) is 14.9 Å². The number of sulfonamides is 1. The van der Waals surface area contributed by atoms with Crippen LogP contribution in [0.3, 0.4) is 0 Å². The smallest absolute Gasteiger partial charge is 0.349 e. The van der Waals surface area contributed by atoms with Gasteiger partial charge in [-0.3, -0.25) is 4.90 Å². The van der Waals surface area contributed by atoms with Gasteiger partial charge in [-0.15, -0.1) is 11.3 Å². The van der Waals surface area contributed by atoms with Gasteiger partial charge in [-0.05, 0) is 6.07 Å². The number of hydrogen-bond donors (Lipinski definition) is 2. The van der Waals surface area contributed by atoms with E-state index >= 15 is 0 Å². The Kier molecular flexibility index (Phi) is 5.70. The Hall–Kier alpha value is -1.52. The predicted molar refractivity (Wildman–Crippen MR) is 97.7 cm³/mol. The van der Waals surface area contributed by atoms with Crippen LogP contribution in [0.2, 0.25) is 0 Å². The molecular weight excluding hydrogens is 362 g/mol. The average molecular weight is 383 g/mol. The summed E-state index contributed by atoms with van der Waals surface area (Å²) >= 11 is 1.13. The van der Waals surface area contributed by atoms with E-state index in [9.17, 15) is 13.2 Å². The molecule has 0 amide bonds. The standard InChI is InChI=1S/C16H21N3O4S2/c1-23-16(20)14-15(12-4-2-3-5-13(12)24-14)25(21,22)18-8-11-19-9-6-17-7-10-19/h2-5,17-18H,6-11H2,1H3. The van der Waals surface area contributed by atoms with Crippen LogP contribution in [0.4, 0.5) is 0 Å². The van der Waals surface area contributed by atoms with Crippen molar-refractivity contribution in [2.24, 2.45) is 0 Å². The highest BCUT2D eigenvalue weighted by atomic mass is 32.2. The Morgan fingerprint density at radius 3 is 2.76 bits per heavy atom. The van der Waals surface area contributed by atoms with Crippen LogP contribution >= 0.6 is 11.3 Å². The van der Waals surface area contributed by atoms with Crippen LogP contribution < -0.4 is 10.0 Å². The number of rotatable bonds is 6.